The van der Waals surface area contributed by atoms with Gasteiger partial charge in [-0.1, -0.05) is 0 Å². The second-order valence-electron chi connectivity index (χ2n) is 4.74. The van der Waals surface area contributed by atoms with Crippen LogP contribution in [0.15, 0.2) is 24.3 Å². The summed E-state index contributed by atoms with van der Waals surface area (Å²) in [6.45, 7) is 3.21. The molecule has 0 amide bonds. The Hall–Kier alpha value is -1.66. The van der Waals surface area contributed by atoms with Gasteiger partial charge in [0.05, 0.1) is 12.2 Å². The third-order valence-electron chi connectivity index (χ3n) is 2.85. The first-order valence-electron chi connectivity index (χ1n) is 6.52. The van der Waals surface area contributed by atoms with E-state index >= 15 is 0 Å². The average Bonchev–Trinajstić information content (AvgIpc) is 2.39. The van der Waals surface area contributed by atoms with Crippen molar-refractivity contribution in [2.45, 2.75) is 51.1 Å². The molecule has 1 aliphatic heterocycles. The van der Waals surface area contributed by atoms with Crippen molar-refractivity contribution >= 4 is 11.9 Å². The third kappa shape index (κ3) is 5.99. The van der Waals surface area contributed by atoms with E-state index in [1.807, 2.05) is 0 Å². The third-order valence-corrected chi connectivity index (χ3v) is 2.85. The van der Waals surface area contributed by atoms with Crippen LogP contribution in [-0.2, 0) is 19.1 Å². The number of hydrogen-bond donors (Lipinski definition) is 2. The number of ether oxygens (including phenoxy) is 2. The average molecular weight is 284 g/mol. The van der Waals surface area contributed by atoms with E-state index in [9.17, 15) is 19.8 Å². The zero-order chi connectivity index (χ0) is 15.1. The second kappa shape index (κ2) is 7.81. The number of carbonyl (C=O) groups excluding carboxylic acids is 2. The molecule has 112 valence electrons. The summed E-state index contributed by atoms with van der Waals surface area (Å²) >= 11 is 0. The fraction of sp³-hybridized carbons (Fsp3) is 0.571. The molecule has 1 heterocycles. The van der Waals surface area contributed by atoms with Crippen molar-refractivity contribution in [3.8, 4) is 0 Å². The van der Waals surface area contributed by atoms with Gasteiger partial charge in [0, 0.05) is 12.2 Å². The quantitative estimate of drug-likeness (QED) is 0.628. The molecule has 0 radical (unpaired) electrons. The SMILES string of the molecule is C[C@@H]1OC(=O)/C=C\[C@@H](O)CC[C@H](C)OC(=O)/C=C\[C@H]1O. The Kier molecular flexibility index (Phi) is 6.41. The van der Waals surface area contributed by atoms with Crippen LogP contribution in [0.3, 0.4) is 0 Å². The summed E-state index contributed by atoms with van der Waals surface area (Å²) in [5.74, 6) is -1.24. The molecule has 6 heteroatoms. The molecule has 2 N–H and O–H groups in total. The van der Waals surface area contributed by atoms with Gasteiger partial charge in [-0.05, 0) is 38.8 Å². The van der Waals surface area contributed by atoms with Crippen LogP contribution in [0.5, 0.6) is 0 Å². The van der Waals surface area contributed by atoms with E-state index in [2.05, 4.69) is 0 Å². The van der Waals surface area contributed by atoms with Crippen LogP contribution in [0.25, 0.3) is 0 Å². The molecule has 0 aromatic rings. The molecule has 0 spiro atoms. The fourth-order valence-corrected chi connectivity index (χ4v) is 1.61. The lowest BCUT2D eigenvalue weighted by Crippen LogP contribution is -2.27. The molecular weight excluding hydrogens is 264 g/mol. The van der Waals surface area contributed by atoms with Gasteiger partial charge in [0.1, 0.15) is 12.2 Å². The molecule has 6 nitrogen and oxygen atoms in total. The van der Waals surface area contributed by atoms with Crippen LogP contribution < -0.4 is 0 Å². The molecule has 0 aromatic carbocycles. The molecule has 1 rings (SSSR count). The highest BCUT2D eigenvalue weighted by Crippen LogP contribution is 2.09. The molecule has 0 bridgehead atoms. The Labute approximate surface area is 117 Å². The summed E-state index contributed by atoms with van der Waals surface area (Å²) in [6, 6.07) is 0. The maximum absolute atomic E-state index is 11.5. The van der Waals surface area contributed by atoms with Gasteiger partial charge < -0.3 is 19.7 Å². The van der Waals surface area contributed by atoms with E-state index in [1.54, 1.807) is 6.92 Å². The first-order chi connectivity index (χ1) is 9.38. The topological polar surface area (TPSA) is 93.1 Å². The van der Waals surface area contributed by atoms with E-state index in [1.165, 1.54) is 19.1 Å². The molecule has 0 unspecified atom stereocenters. The van der Waals surface area contributed by atoms with Crippen LogP contribution in [-0.4, -0.2) is 46.6 Å². The molecular formula is C14H20O6. The van der Waals surface area contributed by atoms with Crippen molar-refractivity contribution in [3.05, 3.63) is 24.3 Å². The maximum atomic E-state index is 11.5. The lowest BCUT2D eigenvalue weighted by molar-refractivity contribution is -0.146. The van der Waals surface area contributed by atoms with Crippen LogP contribution in [0, 0.1) is 0 Å². The Morgan fingerprint density at radius 2 is 1.60 bits per heavy atom. The standard InChI is InChI=1S/C14H20O6/c1-9-3-4-11(15)5-7-14(18)20-10(2)12(16)6-8-13(17)19-9/h5-12,15-16H,3-4H2,1-2H3/b7-5-,8-6-/t9-,10-,11-,12+/m0/s1. The summed E-state index contributed by atoms with van der Waals surface area (Å²) in [7, 11) is 0. The van der Waals surface area contributed by atoms with Crippen molar-refractivity contribution in [1.82, 2.24) is 0 Å². The zero-order valence-corrected chi connectivity index (χ0v) is 11.6. The smallest absolute Gasteiger partial charge is 0.330 e. The lowest BCUT2D eigenvalue weighted by atomic mass is 10.1. The molecule has 0 aliphatic carbocycles. The van der Waals surface area contributed by atoms with E-state index in [4.69, 9.17) is 9.47 Å². The van der Waals surface area contributed by atoms with Crippen molar-refractivity contribution < 1.29 is 29.3 Å². The Morgan fingerprint density at radius 1 is 1.00 bits per heavy atom. The monoisotopic (exact) mass is 284 g/mol. The first kappa shape index (κ1) is 16.4. The summed E-state index contributed by atoms with van der Waals surface area (Å²) in [5, 5.41) is 19.3. The highest BCUT2D eigenvalue weighted by Gasteiger charge is 2.17. The minimum Gasteiger partial charge on any atom is -0.460 e. The van der Waals surface area contributed by atoms with Crippen molar-refractivity contribution in [1.29, 1.82) is 0 Å². The van der Waals surface area contributed by atoms with E-state index in [-0.39, 0.29) is 6.10 Å². The number of aliphatic hydroxyl groups excluding tert-OH is 2. The molecule has 0 saturated carbocycles. The van der Waals surface area contributed by atoms with Crippen molar-refractivity contribution in [2.75, 3.05) is 0 Å². The van der Waals surface area contributed by atoms with Gasteiger partial charge in [0.25, 0.3) is 0 Å². The Morgan fingerprint density at radius 3 is 2.30 bits per heavy atom. The number of rotatable bonds is 0. The van der Waals surface area contributed by atoms with Crippen molar-refractivity contribution in [2.24, 2.45) is 0 Å². The highest BCUT2D eigenvalue weighted by molar-refractivity contribution is 5.83. The van der Waals surface area contributed by atoms with Crippen LogP contribution in [0.2, 0.25) is 0 Å². The summed E-state index contributed by atoms with van der Waals surface area (Å²) in [6.07, 6.45) is 2.48. The van der Waals surface area contributed by atoms with E-state index < -0.39 is 30.3 Å². The summed E-state index contributed by atoms with van der Waals surface area (Å²) < 4.78 is 9.99. The molecule has 20 heavy (non-hydrogen) atoms. The number of carbonyl (C=O) groups is 2. The van der Waals surface area contributed by atoms with Crippen LogP contribution in [0.4, 0.5) is 0 Å². The number of cyclic esters (lactones) is 2. The number of hydrogen-bond acceptors (Lipinski definition) is 6. The van der Waals surface area contributed by atoms with Gasteiger partial charge in [-0.15, -0.1) is 0 Å². The maximum Gasteiger partial charge on any atom is 0.330 e. The molecule has 0 saturated heterocycles. The fourth-order valence-electron chi connectivity index (χ4n) is 1.61. The molecule has 0 fully saturated rings. The number of esters is 2. The summed E-state index contributed by atoms with van der Waals surface area (Å²) in [5.41, 5.74) is 0. The summed E-state index contributed by atoms with van der Waals surface area (Å²) in [4.78, 5) is 22.9. The second-order valence-corrected chi connectivity index (χ2v) is 4.74. The minimum atomic E-state index is -1.11. The minimum absolute atomic E-state index is 0.361. The van der Waals surface area contributed by atoms with Gasteiger partial charge in [0.2, 0.25) is 0 Å². The highest BCUT2D eigenvalue weighted by atomic mass is 16.6. The van der Waals surface area contributed by atoms with Crippen LogP contribution >= 0.6 is 0 Å². The Bertz CT molecular complexity index is 400. The normalized spacial score (nSPS) is 36.4. The number of aliphatic hydroxyl groups is 2. The van der Waals surface area contributed by atoms with Crippen molar-refractivity contribution in [3.63, 3.8) is 0 Å². The van der Waals surface area contributed by atoms with Gasteiger partial charge in [-0.2, -0.15) is 0 Å². The van der Waals surface area contributed by atoms with Gasteiger partial charge in [-0.25, -0.2) is 9.59 Å². The van der Waals surface area contributed by atoms with Gasteiger partial charge >= 0.3 is 11.9 Å². The largest absolute Gasteiger partial charge is 0.460 e. The zero-order valence-electron chi connectivity index (χ0n) is 11.6. The molecule has 0 aromatic heterocycles. The van der Waals surface area contributed by atoms with Gasteiger partial charge in [0.15, 0.2) is 0 Å². The predicted molar refractivity (Wildman–Crippen MR) is 70.6 cm³/mol. The Balaban J connectivity index is 2.79. The molecule has 4 atom stereocenters. The molecule has 1 aliphatic rings. The first-order valence-corrected chi connectivity index (χ1v) is 6.52. The van der Waals surface area contributed by atoms with Gasteiger partial charge in [-0.3, -0.25) is 0 Å². The van der Waals surface area contributed by atoms with E-state index in [0.717, 1.165) is 12.2 Å². The van der Waals surface area contributed by atoms with E-state index in [0.29, 0.717) is 12.8 Å². The van der Waals surface area contributed by atoms with Crippen LogP contribution in [0.1, 0.15) is 26.7 Å². The predicted octanol–water partition coefficient (Wildman–Crippen LogP) is 0.478. The lowest BCUT2D eigenvalue weighted by Gasteiger charge is -2.17.